The van der Waals surface area contributed by atoms with Crippen molar-refractivity contribution in [3.63, 3.8) is 0 Å². The van der Waals surface area contributed by atoms with E-state index in [-0.39, 0.29) is 11.3 Å². The minimum Gasteiger partial charge on any atom is -0.507 e. The number of H-pyrrole nitrogens is 1. The Kier molecular flexibility index (Phi) is 5.30. The number of carbonyl (C=O) groups is 2. The average Bonchev–Trinajstić information content (AvgIpc) is 3.42. The van der Waals surface area contributed by atoms with Gasteiger partial charge in [0.2, 0.25) is 0 Å². The lowest BCUT2D eigenvalue weighted by molar-refractivity contribution is -0.132. The number of aromatic amines is 1. The van der Waals surface area contributed by atoms with Crippen molar-refractivity contribution in [2.45, 2.75) is 6.04 Å². The highest BCUT2D eigenvalue weighted by Gasteiger charge is 2.48. The number of aromatic nitrogens is 1. The highest BCUT2D eigenvalue weighted by atomic mass is 16.5. The van der Waals surface area contributed by atoms with Crippen LogP contribution in [0.5, 0.6) is 11.5 Å². The molecule has 1 amide bonds. The number of methoxy groups -OCH3 is 2. The second kappa shape index (κ2) is 8.44. The first kappa shape index (κ1) is 21.3. The summed E-state index contributed by atoms with van der Waals surface area (Å²) in [7, 11) is 2.99. The number of carbonyl (C=O) groups excluding carboxylic acids is 2. The van der Waals surface area contributed by atoms with Gasteiger partial charge in [-0.3, -0.25) is 14.5 Å². The van der Waals surface area contributed by atoms with Crippen LogP contribution in [-0.4, -0.2) is 36.0 Å². The van der Waals surface area contributed by atoms with E-state index in [2.05, 4.69) is 4.98 Å². The molecule has 1 aliphatic rings. The summed E-state index contributed by atoms with van der Waals surface area (Å²) < 4.78 is 10.7. The maximum absolute atomic E-state index is 13.4. The van der Waals surface area contributed by atoms with Gasteiger partial charge in [-0.05, 0) is 30.3 Å². The Morgan fingerprint density at radius 1 is 0.941 bits per heavy atom. The molecule has 7 nitrogen and oxygen atoms in total. The third-order valence-electron chi connectivity index (χ3n) is 6.06. The van der Waals surface area contributed by atoms with Crippen LogP contribution in [0.2, 0.25) is 0 Å². The second-order valence-electron chi connectivity index (χ2n) is 7.86. The molecule has 1 aliphatic heterocycles. The van der Waals surface area contributed by atoms with E-state index in [0.29, 0.717) is 28.3 Å². The fraction of sp³-hybridized carbons (Fsp3) is 0.111. The standard InChI is InChI=1S/C27H22N2O5/c1-33-17-12-13-19(22(14-17)34-2)25(30)23-24(20-15-28-21-11-7-6-10-18(20)21)29(27(32)26(23)31)16-8-4-3-5-9-16/h3-15,24,28,30H,1-2H3/b25-23+. The van der Waals surface area contributed by atoms with Crippen LogP contribution in [0, 0.1) is 0 Å². The van der Waals surface area contributed by atoms with Gasteiger partial charge in [0.25, 0.3) is 11.7 Å². The summed E-state index contributed by atoms with van der Waals surface area (Å²) in [6, 6.07) is 20.6. The summed E-state index contributed by atoms with van der Waals surface area (Å²) in [5, 5.41) is 12.3. The number of ketones is 1. The molecule has 0 aliphatic carbocycles. The van der Waals surface area contributed by atoms with Crippen molar-refractivity contribution in [2.75, 3.05) is 19.1 Å². The van der Waals surface area contributed by atoms with Crippen LogP contribution in [0.1, 0.15) is 17.2 Å². The van der Waals surface area contributed by atoms with Crippen molar-refractivity contribution in [3.05, 3.63) is 95.7 Å². The van der Waals surface area contributed by atoms with Crippen molar-refractivity contribution in [1.29, 1.82) is 0 Å². The van der Waals surface area contributed by atoms with Gasteiger partial charge in [0, 0.05) is 34.4 Å². The number of nitrogens with one attached hydrogen (secondary N) is 1. The lowest BCUT2D eigenvalue weighted by Gasteiger charge is -2.25. The maximum atomic E-state index is 13.4. The van der Waals surface area contributed by atoms with E-state index in [4.69, 9.17) is 9.47 Å². The van der Waals surface area contributed by atoms with Gasteiger partial charge in [0.1, 0.15) is 17.3 Å². The van der Waals surface area contributed by atoms with E-state index >= 15 is 0 Å². The number of hydrogen-bond acceptors (Lipinski definition) is 5. The summed E-state index contributed by atoms with van der Waals surface area (Å²) >= 11 is 0. The lowest BCUT2D eigenvalue weighted by Crippen LogP contribution is -2.29. The van der Waals surface area contributed by atoms with Crippen LogP contribution < -0.4 is 14.4 Å². The number of Topliss-reactive ketones (excluding diaryl/α,β-unsaturated/α-hetero) is 1. The molecular weight excluding hydrogens is 432 g/mol. The Labute approximate surface area is 195 Å². The number of aliphatic hydroxyl groups excluding tert-OH is 1. The van der Waals surface area contributed by atoms with Crippen LogP contribution >= 0.6 is 0 Å². The van der Waals surface area contributed by atoms with E-state index in [9.17, 15) is 14.7 Å². The Balaban J connectivity index is 1.78. The van der Waals surface area contributed by atoms with Crippen molar-refractivity contribution < 1.29 is 24.2 Å². The number of anilines is 1. The summed E-state index contributed by atoms with van der Waals surface area (Å²) in [6.07, 6.45) is 1.77. The highest BCUT2D eigenvalue weighted by molar-refractivity contribution is 6.52. The Bertz CT molecular complexity index is 1440. The van der Waals surface area contributed by atoms with Gasteiger partial charge in [0.15, 0.2) is 0 Å². The molecule has 34 heavy (non-hydrogen) atoms. The number of nitrogens with zero attached hydrogens (tertiary/aromatic N) is 1. The van der Waals surface area contributed by atoms with Gasteiger partial charge in [-0.2, -0.15) is 0 Å². The Hall–Kier alpha value is -4.52. The number of amides is 1. The number of benzene rings is 3. The van der Waals surface area contributed by atoms with E-state index in [1.54, 1.807) is 48.7 Å². The Morgan fingerprint density at radius 3 is 2.41 bits per heavy atom. The predicted octanol–water partition coefficient (Wildman–Crippen LogP) is 4.81. The van der Waals surface area contributed by atoms with E-state index in [1.807, 2.05) is 30.3 Å². The zero-order chi connectivity index (χ0) is 23.8. The lowest BCUT2D eigenvalue weighted by atomic mass is 9.94. The third-order valence-corrected chi connectivity index (χ3v) is 6.06. The van der Waals surface area contributed by atoms with Gasteiger partial charge < -0.3 is 19.6 Å². The van der Waals surface area contributed by atoms with Gasteiger partial charge in [-0.1, -0.05) is 36.4 Å². The van der Waals surface area contributed by atoms with Crippen LogP contribution in [0.25, 0.3) is 16.7 Å². The monoisotopic (exact) mass is 454 g/mol. The first-order valence-corrected chi connectivity index (χ1v) is 10.7. The molecule has 0 spiro atoms. The zero-order valence-corrected chi connectivity index (χ0v) is 18.6. The van der Waals surface area contributed by atoms with Gasteiger partial charge in [0.05, 0.1) is 31.4 Å². The molecule has 1 atom stereocenters. The second-order valence-corrected chi connectivity index (χ2v) is 7.86. The van der Waals surface area contributed by atoms with Gasteiger partial charge >= 0.3 is 0 Å². The van der Waals surface area contributed by atoms with Crippen LogP contribution in [0.4, 0.5) is 5.69 Å². The Morgan fingerprint density at radius 2 is 1.68 bits per heavy atom. The number of ether oxygens (including phenoxy) is 2. The van der Waals surface area contributed by atoms with Crippen LogP contribution in [0.3, 0.4) is 0 Å². The number of para-hydroxylation sites is 2. The highest BCUT2D eigenvalue weighted by Crippen LogP contribution is 2.45. The molecule has 7 heteroatoms. The normalized spacial score (nSPS) is 17.4. The quantitative estimate of drug-likeness (QED) is 0.257. The van der Waals surface area contributed by atoms with Crippen molar-refractivity contribution in [1.82, 2.24) is 4.98 Å². The average molecular weight is 454 g/mol. The molecule has 3 aromatic carbocycles. The topological polar surface area (TPSA) is 91.9 Å². The maximum Gasteiger partial charge on any atom is 0.300 e. The summed E-state index contributed by atoms with van der Waals surface area (Å²) in [6.45, 7) is 0. The molecule has 0 saturated carbocycles. The first-order chi connectivity index (χ1) is 16.5. The first-order valence-electron chi connectivity index (χ1n) is 10.7. The van der Waals surface area contributed by atoms with Crippen molar-refractivity contribution in [3.8, 4) is 11.5 Å². The molecule has 4 aromatic rings. The molecule has 170 valence electrons. The number of aliphatic hydroxyl groups is 1. The molecule has 2 N–H and O–H groups in total. The molecule has 1 aromatic heterocycles. The number of rotatable bonds is 5. The fourth-order valence-corrected chi connectivity index (χ4v) is 4.44. The zero-order valence-electron chi connectivity index (χ0n) is 18.6. The molecule has 1 saturated heterocycles. The van der Waals surface area contributed by atoms with Crippen molar-refractivity contribution >= 4 is 34.0 Å². The summed E-state index contributed by atoms with van der Waals surface area (Å²) in [4.78, 5) is 31.3. The summed E-state index contributed by atoms with van der Waals surface area (Å²) in [5.41, 5.74) is 2.40. The van der Waals surface area contributed by atoms with E-state index in [0.717, 1.165) is 10.9 Å². The molecule has 2 heterocycles. The van der Waals surface area contributed by atoms with Gasteiger partial charge in [-0.25, -0.2) is 0 Å². The van der Waals surface area contributed by atoms with Crippen LogP contribution in [-0.2, 0) is 9.59 Å². The molecule has 0 bridgehead atoms. The summed E-state index contributed by atoms with van der Waals surface area (Å²) in [5.74, 6) is -0.941. The predicted molar refractivity (Wildman–Crippen MR) is 129 cm³/mol. The third kappa shape index (κ3) is 3.29. The molecule has 1 fully saturated rings. The number of fused-ring (bicyclic) bond motifs is 1. The molecular formula is C27H22N2O5. The van der Waals surface area contributed by atoms with Gasteiger partial charge in [-0.15, -0.1) is 0 Å². The van der Waals surface area contributed by atoms with Crippen molar-refractivity contribution in [2.24, 2.45) is 0 Å². The van der Waals surface area contributed by atoms with Crippen LogP contribution in [0.15, 0.2) is 84.6 Å². The molecule has 1 unspecified atom stereocenters. The SMILES string of the molecule is COc1ccc(/C(O)=C2\C(=O)C(=O)N(c3ccccc3)C2c2c[nH]c3ccccc23)c(OC)c1. The van der Waals surface area contributed by atoms with E-state index in [1.165, 1.54) is 19.1 Å². The largest absolute Gasteiger partial charge is 0.507 e. The molecule has 0 radical (unpaired) electrons. The van der Waals surface area contributed by atoms with E-state index < -0.39 is 17.7 Å². The minimum absolute atomic E-state index is 0.0120. The molecule has 5 rings (SSSR count). The smallest absolute Gasteiger partial charge is 0.300 e. The number of hydrogen-bond donors (Lipinski definition) is 2. The fourth-order valence-electron chi connectivity index (χ4n) is 4.44. The minimum atomic E-state index is -0.842.